The van der Waals surface area contributed by atoms with Crippen LogP contribution in [0.3, 0.4) is 0 Å². The standard InChI is InChI=1S/C17H24N2OS/c1-3-7-19-17(11-16-6-5-9-21-16)14-10-15(13-18-12-14)20-8-4-2/h5-6,9-10,12-13,17,19H,3-4,7-8,11H2,1-2H3. The lowest BCUT2D eigenvalue weighted by Gasteiger charge is -2.19. The fraction of sp³-hybridized carbons (Fsp3) is 0.471. The Hall–Kier alpha value is -1.39. The van der Waals surface area contributed by atoms with E-state index in [9.17, 15) is 0 Å². The van der Waals surface area contributed by atoms with Crippen LogP contribution < -0.4 is 10.1 Å². The van der Waals surface area contributed by atoms with E-state index in [2.05, 4.69) is 47.7 Å². The first-order valence-electron chi connectivity index (χ1n) is 7.67. The Bertz CT molecular complexity index is 513. The van der Waals surface area contributed by atoms with E-state index >= 15 is 0 Å². The molecule has 2 aromatic rings. The Morgan fingerprint density at radius 3 is 2.90 bits per heavy atom. The molecule has 0 saturated carbocycles. The van der Waals surface area contributed by atoms with E-state index in [4.69, 9.17) is 4.74 Å². The second-order valence-corrected chi connectivity index (χ2v) is 6.12. The van der Waals surface area contributed by atoms with E-state index in [0.29, 0.717) is 6.04 Å². The van der Waals surface area contributed by atoms with Gasteiger partial charge in [-0.2, -0.15) is 0 Å². The van der Waals surface area contributed by atoms with Gasteiger partial charge in [0.1, 0.15) is 5.75 Å². The van der Waals surface area contributed by atoms with Crippen molar-refractivity contribution in [3.63, 3.8) is 0 Å². The molecule has 0 aliphatic heterocycles. The van der Waals surface area contributed by atoms with Crippen LogP contribution in [0.5, 0.6) is 5.75 Å². The van der Waals surface area contributed by atoms with Crippen molar-refractivity contribution in [3.8, 4) is 5.75 Å². The van der Waals surface area contributed by atoms with E-state index in [1.807, 2.05) is 6.20 Å². The Balaban J connectivity index is 2.11. The fourth-order valence-electron chi connectivity index (χ4n) is 2.18. The summed E-state index contributed by atoms with van der Waals surface area (Å²) in [6.45, 7) is 6.05. The number of pyridine rings is 1. The first kappa shape index (κ1) is 16.0. The highest BCUT2D eigenvalue weighted by molar-refractivity contribution is 7.09. The van der Waals surface area contributed by atoms with Crippen molar-refractivity contribution >= 4 is 11.3 Å². The van der Waals surface area contributed by atoms with Crippen molar-refractivity contribution in [2.24, 2.45) is 0 Å². The zero-order valence-corrected chi connectivity index (χ0v) is 13.7. The van der Waals surface area contributed by atoms with Crippen molar-refractivity contribution in [1.82, 2.24) is 10.3 Å². The molecule has 0 fully saturated rings. The number of rotatable bonds is 9. The molecule has 0 radical (unpaired) electrons. The van der Waals surface area contributed by atoms with E-state index in [-0.39, 0.29) is 0 Å². The number of nitrogens with one attached hydrogen (secondary N) is 1. The monoisotopic (exact) mass is 304 g/mol. The van der Waals surface area contributed by atoms with Crippen LogP contribution in [-0.2, 0) is 6.42 Å². The van der Waals surface area contributed by atoms with Gasteiger partial charge in [-0.1, -0.05) is 19.9 Å². The number of thiophene rings is 1. The predicted molar refractivity (Wildman–Crippen MR) is 89.1 cm³/mol. The first-order chi connectivity index (χ1) is 10.3. The minimum absolute atomic E-state index is 0.293. The molecule has 2 heterocycles. The minimum Gasteiger partial charge on any atom is -0.492 e. The van der Waals surface area contributed by atoms with Gasteiger partial charge in [-0.15, -0.1) is 11.3 Å². The summed E-state index contributed by atoms with van der Waals surface area (Å²) < 4.78 is 5.70. The zero-order chi connectivity index (χ0) is 14.9. The van der Waals surface area contributed by atoms with Crippen LogP contribution in [0.1, 0.15) is 43.2 Å². The largest absolute Gasteiger partial charge is 0.492 e. The molecule has 1 atom stereocenters. The molecular formula is C17H24N2OS. The topological polar surface area (TPSA) is 34.2 Å². The normalized spacial score (nSPS) is 12.3. The molecule has 1 N–H and O–H groups in total. The van der Waals surface area contributed by atoms with Crippen LogP contribution in [0.25, 0.3) is 0 Å². The zero-order valence-electron chi connectivity index (χ0n) is 12.8. The highest BCUT2D eigenvalue weighted by Crippen LogP contribution is 2.23. The first-order valence-corrected chi connectivity index (χ1v) is 8.55. The van der Waals surface area contributed by atoms with Gasteiger partial charge in [-0.25, -0.2) is 0 Å². The molecule has 2 rings (SSSR count). The fourth-order valence-corrected chi connectivity index (χ4v) is 2.93. The van der Waals surface area contributed by atoms with Crippen molar-refractivity contribution in [2.45, 2.75) is 39.2 Å². The lowest BCUT2D eigenvalue weighted by molar-refractivity contribution is 0.315. The lowest BCUT2D eigenvalue weighted by atomic mass is 10.0. The SMILES string of the molecule is CCCNC(Cc1cccs1)c1cncc(OCCC)c1. The van der Waals surface area contributed by atoms with Gasteiger partial charge in [0, 0.05) is 23.5 Å². The highest BCUT2D eigenvalue weighted by atomic mass is 32.1. The van der Waals surface area contributed by atoms with E-state index < -0.39 is 0 Å². The van der Waals surface area contributed by atoms with Gasteiger partial charge in [-0.05, 0) is 42.5 Å². The number of nitrogens with zero attached hydrogens (tertiary/aromatic N) is 1. The molecule has 4 heteroatoms. The summed E-state index contributed by atoms with van der Waals surface area (Å²) in [5.74, 6) is 0.865. The van der Waals surface area contributed by atoms with Gasteiger partial charge in [-0.3, -0.25) is 4.98 Å². The molecule has 3 nitrogen and oxygen atoms in total. The van der Waals surface area contributed by atoms with Gasteiger partial charge in [0.15, 0.2) is 0 Å². The maximum atomic E-state index is 5.70. The molecule has 2 aromatic heterocycles. The second-order valence-electron chi connectivity index (χ2n) is 5.09. The van der Waals surface area contributed by atoms with Crippen molar-refractivity contribution in [2.75, 3.05) is 13.2 Å². The summed E-state index contributed by atoms with van der Waals surface area (Å²) in [4.78, 5) is 5.73. The van der Waals surface area contributed by atoms with Gasteiger partial charge >= 0.3 is 0 Å². The molecule has 21 heavy (non-hydrogen) atoms. The van der Waals surface area contributed by atoms with E-state index in [0.717, 1.165) is 38.2 Å². The Morgan fingerprint density at radius 2 is 2.19 bits per heavy atom. The molecule has 0 aliphatic rings. The van der Waals surface area contributed by atoms with Crippen LogP contribution in [0, 0.1) is 0 Å². The van der Waals surface area contributed by atoms with Crippen LogP contribution >= 0.6 is 11.3 Å². The molecule has 0 amide bonds. The van der Waals surface area contributed by atoms with Crippen molar-refractivity contribution in [1.29, 1.82) is 0 Å². The number of aromatic nitrogens is 1. The molecule has 114 valence electrons. The number of hydrogen-bond donors (Lipinski definition) is 1. The van der Waals surface area contributed by atoms with Crippen LogP contribution in [-0.4, -0.2) is 18.1 Å². The molecule has 0 aliphatic carbocycles. The molecule has 0 spiro atoms. The van der Waals surface area contributed by atoms with Crippen LogP contribution in [0.15, 0.2) is 36.0 Å². The number of hydrogen-bond acceptors (Lipinski definition) is 4. The average Bonchev–Trinajstić information content (AvgIpc) is 3.02. The van der Waals surface area contributed by atoms with Gasteiger partial charge in [0.2, 0.25) is 0 Å². The van der Waals surface area contributed by atoms with Gasteiger partial charge in [0.05, 0.1) is 12.8 Å². The number of ether oxygens (including phenoxy) is 1. The van der Waals surface area contributed by atoms with Gasteiger partial charge in [0.25, 0.3) is 0 Å². The summed E-state index contributed by atoms with van der Waals surface area (Å²) >= 11 is 1.81. The Labute approximate surface area is 131 Å². The predicted octanol–water partition coefficient (Wildman–Crippen LogP) is 4.22. The minimum atomic E-state index is 0.293. The quantitative estimate of drug-likeness (QED) is 0.753. The lowest BCUT2D eigenvalue weighted by Crippen LogP contribution is -2.24. The third-order valence-corrected chi connectivity index (χ3v) is 4.13. The average molecular weight is 304 g/mol. The Kier molecular flexibility index (Phi) is 6.70. The molecule has 1 unspecified atom stereocenters. The molecule has 0 bridgehead atoms. The van der Waals surface area contributed by atoms with Crippen LogP contribution in [0.4, 0.5) is 0 Å². The molecule has 0 aromatic carbocycles. The summed E-state index contributed by atoms with van der Waals surface area (Å²) in [7, 11) is 0. The Morgan fingerprint density at radius 1 is 1.29 bits per heavy atom. The third kappa shape index (κ3) is 5.14. The van der Waals surface area contributed by atoms with Crippen molar-refractivity contribution in [3.05, 3.63) is 46.4 Å². The van der Waals surface area contributed by atoms with Crippen molar-refractivity contribution < 1.29 is 4.74 Å². The van der Waals surface area contributed by atoms with E-state index in [1.54, 1.807) is 17.5 Å². The maximum Gasteiger partial charge on any atom is 0.137 e. The smallest absolute Gasteiger partial charge is 0.137 e. The van der Waals surface area contributed by atoms with Gasteiger partial charge < -0.3 is 10.1 Å². The maximum absolute atomic E-state index is 5.70. The summed E-state index contributed by atoms with van der Waals surface area (Å²) in [6, 6.07) is 6.71. The second kappa shape index (κ2) is 8.80. The summed E-state index contributed by atoms with van der Waals surface area (Å²) in [5.41, 5.74) is 1.20. The summed E-state index contributed by atoms with van der Waals surface area (Å²) in [5, 5.41) is 5.75. The molecular weight excluding hydrogens is 280 g/mol. The third-order valence-electron chi connectivity index (χ3n) is 3.24. The summed E-state index contributed by atoms with van der Waals surface area (Å²) in [6.07, 6.45) is 6.87. The van der Waals surface area contributed by atoms with Crippen LogP contribution in [0.2, 0.25) is 0 Å². The highest BCUT2D eigenvalue weighted by Gasteiger charge is 2.13. The van der Waals surface area contributed by atoms with E-state index in [1.165, 1.54) is 10.4 Å². The molecule has 0 saturated heterocycles.